The lowest BCUT2D eigenvalue weighted by Crippen LogP contribution is -2.50. The summed E-state index contributed by atoms with van der Waals surface area (Å²) in [6, 6.07) is 24.3. The van der Waals surface area contributed by atoms with Crippen LogP contribution in [0.3, 0.4) is 0 Å². The van der Waals surface area contributed by atoms with Crippen LogP contribution in [0, 0.1) is 11.8 Å². The van der Waals surface area contributed by atoms with Crippen LogP contribution in [-0.4, -0.2) is 45.7 Å². The Morgan fingerprint density at radius 2 is 0.783 bits per heavy atom. The number of carbonyl (C=O) groups is 4. The van der Waals surface area contributed by atoms with E-state index in [1.54, 1.807) is 12.1 Å². The molecule has 0 bridgehead atoms. The van der Waals surface area contributed by atoms with Crippen LogP contribution < -0.4 is 9.80 Å². The van der Waals surface area contributed by atoms with Crippen LogP contribution >= 0.6 is 46.4 Å². The minimum Gasteiger partial charge on any atom is -0.274 e. The van der Waals surface area contributed by atoms with Gasteiger partial charge in [0.15, 0.2) is 0 Å². The largest absolute Gasteiger partial charge is 0.274 e. The van der Waals surface area contributed by atoms with Crippen molar-refractivity contribution in [3.8, 4) is 0 Å². The maximum atomic E-state index is 14.5. The molecule has 6 unspecified atom stereocenters. The Morgan fingerprint density at radius 1 is 0.413 bits per heavy atom. The molecule has 8 nitrogen and oxygen atoms in total. The Hall–Kier alpha value is -3.76. The molecule has 0 radical (unpaired) electrons. The van der Waals surface area contributed by atoms with E-state index < -0.39 is 59.6 Å². The Labute approximate surface area is 283 Å². The van der Waals surface area contributed by atoms with Gasteiger partial charge in [-0.15, -0.1) is 0 Å². The van der Waals surface area contributed by atoms with E-state index in [0.29, 0.717) is 11.4 Å². The molecule has 6 atom stereocenters. The second-order valence-corrected chi connectivity index (χ2v) is 13.3. The minimum atomic E-state index is -0.998. The van der Waals surface area contributed by atoms with Gasteiger partial charge in [-0.2, -0.15) is 0 Å². The van der Waals surface area contributed by atoms with Crippen molar-refractivity contribution in [1.82, 2.24) is 10.0 Å². The highest BCUT2D eigenvalue weighted by atomic mass is 35.5. The second kappa shape index (κ2) is 10.9. The molecule has 0 aromatic heterocycles. The molecular formula is C34H22Cl4N4O4. The fourth-order valence-electron chi connectivity index (χ4n) is 7.56. The van der Waals surface area contributed by atoms with Crippen LogP contribution in [0.15, 0.2) is 97.1 Å². The van der Waals surface area contributed by atoms with Crippen molar-refractivity contribution in [2.45, 2.75) is 24.2 Å². The Morgan fingerprint density at radius 3 is 1.13 bits per heavy atom. The van der Waals surface area contributed by atoms with Gasteiger partial charge in [-0.05, 0) is 47.5 Å². The first-order valence-corrected chi connectivity index (χ1v) is 16.0. The number of imide groups is 2. The average Bonchev–Trinajstić information content (AvgIpc) is 3.72. The van der Waals surface area contributed by atoms with Crippen LogP contribution in [0.25, 0.3) is 0 Å². The van der Waals surface area contributed by atoms with Crippen molar-refractivity contribution in [3.05, 3.63) is 128 Å². The lowest BCUT2D eigenvalue weighted by Gasteiger charge is -2.35. The number of amides is 4. The zero-order chi connectivity index (χ0) is 32.0. The summed E-state index contributed by atoms with van der Waals surface area (Å²) in [6.45, 7) is 0. The summed E-state index contributed by atoms with van der Waals surface area (Å²) < 4.78 is 0. The van der Waals surface area contributed by atoms with E-state index in [2.05, 4.69) is 0 Å². The molecule has 0 spiro atoms. The lowest BCUT2D eigenvalue weighted by molar-refractivity contribution is -0.136. The van der Waals surface area contributed by atoms with Crippen molar-refractivity contribution < 1.29 is 19.2 Å². The molecule has 0 aliphatic carbocycles. The van der Waals surface area contributed by atoms with Crippen LogP contribution in [-0.2, 0) is 19.2 Å². The van der Waals surface area contributed by atoms with E-state index in [1.165, 1.54) is 24.3 Å². The third-order valence-corrected chi connectivity index (χ3v) is 10.8. The first kappa shape index (κ1) is 29.6. The molecule has 4 aliphatic heterocycles. The highest BCUT2D eigenvalue weighted by Gasteiger charge is 2.73. The maximum absolute atomic E-state index is 14.5. The van der Waals surface area contributed by atoms with Crippen LogP contribution in [0.2, 0.25) is 20.1 Å². The number of hydrazine groups is 1. The predicted molar refractivity (Wildman–Crippen MR) is 175 cm³/mol. The fraction of sp³-hybridized carbons (Fsp3) is 0.176. The van der Waals surface area contributed by atoms with Gasteiger partial charge < -0.3 is 0 Å². The number of nitrogens with zero attached hydrogens (tertiary/aromatic N) is 4. The third kappa shape index (κ3) is 4.15. The number of hydrogen-bond donors (Lipinski definition) is 0. The molecule has 4 amide bonds. The van der Waals surface area contributed by atoms with Gasteiger partial charge in [0.25, 0.3) is 11.8 Å². The number of halogens is 4. The van der Waals surface area contributed by atoms with Crippen molar-refractivity contribution >= 4 is 81.4 Å². The summed E-state index contributed by atoms with van der Waals surface area (Å²) in [6.07, 6.45) is 0. The molecule has 0 N–H and O–H groups in total. The molecule has 4 aliphatic rings. The summed E-state index contributed by atoms with van der Waals surface area (Å²) in [5.74, 6) is -3.59. The number of hydrogen-bond acceptors (Lipinski definition) is 6. The van der Waals surface area contributed by atoms with E-state index >= 15 is 0 Å². The SMILES string of the molecule is O=C1C2C(C(=O)N1c1ccc(Cl)c(Cl)c1)N1C(c3ccccc3)C3C(=O)N(c4ccc(Cl)c(Cl)c4)C(=O)C3N1C2c1ccccc1. The van der Waals surface area contributed by atoms with Gasteiger partial charge in [-0.25, -0.2) is 19.8 Å². The Kier molecular flexibility index (Phi) is 7.03. The van der Waals surface area contributed by atoms with Gasteiger partial charge in [0.2, 0.25) is 11.8 Å². The van der Waals surface area contributed by atoms with E-state index in [9.17, 15) is 19.2 Å². The predicted octanol–water partition coefficient (Wildman–Crippen LogP) is 6.75. The second-order valence-electron chi connectivity index (χ2n) is 11.6. The number of rotatable bonds is 4. The smallest absolute Gasteiger partial charge is 0.253 e. The lowest BCUT2D eigenvalue weighted by atomic mass is 9.84. The average molecular weight is 692 g/mol. The fourth-order valence-corrected chi connectivity index (χ4v) is 8.14. The molecule has 4 heterocycles. The van der Waals surface area contributed by atoms with Gasteiger partial charge in [-0.3, -0.25) is 19.2 Å². The third-order valence-electron chi connectivity index (χ3n) is 9.33. The van der Waals surface area contributed by atoms with E-state index in [4.69, 9.17) is 46.4 Å². The summed E-state index contributed by atoms with van der Waals surface area (Å²) in [4.78, 5) is 60.1. The zero-order valence-corrected chi connectivity index (χ0v) is 26.7. The molecule has 4 aromatic rings. The first-order chi connectivity index (χ1) is 22.2. The number of benzene rings is 4. The topological polar surface area (TPSA) is 81.2 Å². The van der Waals surface area contributed by atoms with E-state index in [1.807, 2.05) is 70.7 Å². The van der Waals surface area contributed by atoms with Crippen molar-refractivity contribution in [2.75, 3.05) is 9.80 Å². The van der Waals surface area contributed by atoms with Crippen LogP contribution in [0.4, 0.5) is 11.4 Å². The normalized spacial score (nSPS) is 27.5. The number of anilines is 2. The standard InChI is InChI=1S/C34H22Cl4N4O4/c35-21-13-11-19(15-23(21)37)39-31(43)25-27(17-7-3-1-4-8-17)41-30-26(28(18-9-5-2-6-10-18)42(41)29(25)33(39)45)32(44)40(34(30)46)20-12-14-22(36)24(38)16-20/h1-16,25-30H. The van der Waals surface area contributed by atoms with E-state index in [-0.39, 0.29) is 20.1 Å². The van der Waals surface area contributed by atoms with Gasteiger partial charge in [0, 0.05) is 0 Å². The van der Waals surface area contributed by atoms with Crippen LogP contribution in [0.1, 0.15) is 23.2 Å². The maximum Gasteiger partial charge on any atom is 0.253 e. The zero-order valence-electron chi connectivity index (χ0n) is 23.6. The van der Waals surface area contributed by atoms with Crippen molar-refractivity contribution in [3.63, 3.8) is 0 Å². The first-order valence-electron chi connectivity index (χ1n) is 14.5. The molecule has 46 heavy (non-hydrogen) atoms. The van der Waals surface area contributed by atoms with Crippen molar-refractivity contribution in [2.24, 2.45) is 11.8 Å². The summed E-state index contributed by atoms with van der Waals surface area (Å²) in [5.41, 5.74) is 2.06. The minimum absolute atomic E-state index is 0.203. The van der Waals surface area contributed by atoms with Gasteiger partial charge >= 0.3 is 0 Å². The highest BCUT2D eigenvalue weighted by Crippen LogP contribution is 2.59. The molecule has 12 heteroatoms. The quantitative estimate of drug-likeness (QED) is 0.221. The molecular weight excluding hydrogens is 670 g/mol. The molecule has 230 valence electrons. The number of carbonyl (C=O) groups excluding carboxylic acids is 4. The van der Waals surface area contributed by atoms with E-state index in [0.717, 1.165) is 20.9 Å². The molecule has 4 aromatic carbocycles. The molecule has 8 rings (SSSR count). The van der Waals surface area contributed by atoms with Crippen molar-refractivity contribution in [1.29, 1.82) is 0 Å². The Bertz CT molecular complexity index is 1820. The Balaban J connectivity index is 1.32. The van der Waals surface area contributed by atoms with Crippen LogP contribution in [0.5, 0.6) is 0 Å². The monoisotopic (exact) mass is 690 g/mol. The summed E-state index contributed by atoms with van der Waals surface area (Å²) in [7, 11) is 0. The van der Waals surface area contributed by atoms with Gasteiger partial charge in [0.05, 0.1) is 55.4 Å². The molecule has 4 saturated heterocycles. The summed E-state index contributed by atoms with van der Waals surface area (Å²) in [5, 5.41) is 4.61. The van der Waals surface area contributed by atoms with Gasteiger partial charge in [-0.1, -0.05) is 107 Å². The molecule has 0 saturated carbocycles. The molecule has 4 fully saturated rings. The summed E-state index contributed by atoms with van der Waals surface area (Å²) >= 11 is 24.9. The highest BCUT2D eigenvalue weighted by molar-refractivity contribution is 6.43. The number of fused-ring (bicyclic) bond motifs is 5. The van der Waals surface area contributed by atoms with Gasteiger partial charge in [0.1, 0.15) is 12.1 Å².